The molecule has 1 aromatic heterocycles. The lowest BCUT2D eigenvalue weighted by Gasteiger charge is -2.29. The van der Waals surface area contributed by atoms with E-state index in [1.165, 1.54) is 6.42 Å². The fourth-order valence-electron chi connectivity index (χ4n) is 3.82. The number of ether oxygens (including phenoxy) is 1. The van der Waals surface area contributed by atoms with Crippen molar-refractivity contribution >= 4 is 5.91 Å². The summed E-state index contributed by atoms with van der Waals surface area (Å²) in [6.45, 7) is 5.09. The molecule has 1 unspecified atom stereocenters. The van der Waals surface area contributed by atoms with E-state index < -0.39 is 0 Å². The van der Waals surface area contributed by atoms with Gasteiger partial charge in [-0.15, -0.1) is 0 Å². The molecule has 1 aliphatic rings. The van der Waals surface area contributed by atoms with Crippen LogP contribution in [0.3, 0.4) is 0 Å². The van der Waals surface area contributed by atoms with E-state index in [1.807, 2.05) is 29.2 Å². The summed E-state index contributed by atoms with van der Waals surface area (Å²) in [4.78, 5) is 15.1. The summed E-state index contributed by atoms with van der Waals surface area (Å²) in [5, 5.41) is 3.48. The van der Waals surface area contributed by atoms with E-state index in [1.54, 1.807) is 13.4 Å². The first-order valence-electron chi connectivity index (χ1n) is 10.5. The molecule has 0 radical (unpaired) electrons. The summed E-state index contributed by atoms with van der Waals surface area (Å²) in [6, 6.07) is 11.9. The maximum Gasteiger partial charge on any atom is 0.241 e. The van der Waals surface area contributed by atoms with Crippen molar-refractivity contribution < 1.29 is 13.9 Å². The fraction of sp³-hybridized carbons (Fsp3) is 0.458. The molecule has 1 aliphatic carbocycles. The smallest absolute Gasteiger partial charge is 0.241 e. The average molecular weight is 397 g/mol. The Morgan fingerprint density at radius 2 is 2.00 bits per heavy atom. The van der Waals surface area contributed by atoms with Gasteiger partial charge in [0.15, 0.2) is 0 Å². The molecule has 1 aromatic carbocycles. The third kappa shape index (κ3) is 5.73. The molecule has 0 fully saturated rings. The number of carbonyl (C=O) groups excluding carboxylic acids is 1. The Labute approximate surface area is 173 Å². The second kappa shape index (κ2) is 10.3. The molecular formula is C24H32N2O3. The van der Waals surface area contributed by atoms with Gasteiger partial charge < -0.3 is 19.4 Å². The van der Waals surface area contributed by atoms with Gasteiger partial charge in [-0.25, -0.2) is 0 Å². The van der Waals surface area contributed by atoms with Gasteiger partial charge in [-0.3, -0.25) is 4.79 Å². The second-order valence-electron chi connectivity index (χ2n) is 7.88. The van der Waals surface area contributed by atoms with Gasteiger partial charge in [-0.1, -0.05) is 32.1 Å². The van der Waals surface area contributed by atoms with Gasteiger partial charge in [0.2, 0.25) is 5.91 Å². The summed E-state index contributed by atoms with van der Waals surface area (Å²) in [5.74, 6) is 2.07. The number of hydrogen-bond acceptors (Lipinski definition) is 4. The molecule has 2 aromatic rings. The predicted molar refractivity (Wildman–Crippen MR) is 114 cm³/mol. The molecule has 1 heterocycles. The molecule has 0 bridgehead atoms. The molecule has 0 saturated carbocycles. The standard InChI is InChI=1S/C24H32N2O3/c1-18(2)24(19-11-13-21(28-3)14-12-19)25-16-23(27)26(17-22-10-7-15-29-22)20-8-5-4-6-9-20/h7-8,10-15,18,24-25H,4-6,9,16-17H2,1-3H3. The number of methoxy groups -OCH3 is 1. The lowest BCUT2D eigenvalue weighted by atomic mass is 9.96. The van der Waals surface area contributed by atoms with Crippen molar-refractivity contribution in [1.82, 2.24) is 10.2 Å². The lowest BCUT2D eigenvalue weighted by Crippen LogP contribution is -2.39. The van der Waals surface area contributed by atoms with E-state index in [-0.39, 0.29) is 18.5 Å². The zero-order valence-corrected chi connectivity index (χ0v) is 17.7. The van der Waals surface area contributed by atoms with E-state index in [2.05, 4.69) is 37.4 Å². The van der Waals surface area contributed by atoms with Crippen LogP contribution in [0.25, 0.3) is 0 Å². The van der Waals surface area contributed by atoms with Gasteiger partial charge in [0.1, 0.15) is 11.5 Å². The molecule has 0 saturated heterocycles. The summed E-state index contributed by atoms with van der Waals surface area (Å²) >= 11 is 0. The van der Waals surface area contributed by atoms with E-state index in [0.717, 1.165) is 42.0 Å². The highest BCUT2D eigenvalue weighted by molar-refractivity contribution is 5.80. The van der Waals surface area contributed by atoms with Crippen LogP contribution in [0, 0.1) is 5.92 Å². The number of carbonyl (C=O) groups is 1. The molecule has 0 spiro atoms. The van der Waals surface area contributed by atoms with Gasteiger partial charge >= 0.3 is 0 Å². The van der Waals surface area contributed by atoms with Crippen molar-refractivity contribution in [3.63, 3.8) is 0 Å². The van der Waals surface area contributed by atoms with Crippen LogP contribution in [0.15, 0.2) is 58.9 Å². The van der Waals surface area contributed by atoms with Crippen molar-refractivity contribution in [2.24, 2.45) is 5.92 Å². The quantitative estimate of drug-likeness (QED) is 0.644. The topological polar surface area (TPSA) is 54.7 Å². The second-order valence-corrected chi connectivity index (χ2v) is 7.88. The molecule has 5 nitrogen and oxygen atoms in total. The minimum Gasteiger partial charge on any atom is -0.497 e. The van der Waals surface area contributed by atoms with Crippen LogP contribution < -0.4 is 10.1 Å². The van der Waals surface area contributed by atoms with Gasteiger partial charge in [0, 0.05) is 11.7 Å². The Balaban J connectivity index is 1.70. The minimum atomic E-state index is 0.0775. The maximum atomic E-state index is 13.2. The first-order valence-corrected chi connectivity index (χ1v) is 10.5. The third-order valence-electron chi connectivity index (χ3n) is 5.42. The number of benzene rings is 1. The number of allylic oxidation sites excluding steroid dienone is 2. The Morgan fingerprint density at radius 1 is 1.21 bits per heavy atom. The number of hydrogen-bond donors (Lipinski definition) is 1. The monoisotopic (exact) mass is 396 g/mol. The van der Waals surface area contributed by atoms with Crippen LogP contribution in [-0.2, 0) is 11.3 Å². The normalized spacial score (nSPS) is 15.1. The van der Waals surface area contributed by atoms with Crippen LogP contribution in [0.5, 0.6) is 5.75 Å². The average Bonchev–Trinajstić information content (AvgIpc) is 3.26. The van der Waals surface area contributed by atoms with E-state index >= 15 is 0 Å². The first-order chi connectivity index (χ1) is 14.1. The fourth-order valence-corrected chi connectivity index (χ4v) is 3.82. The molecule has 29 heavy (non-hydrogen) atoms. The maximum absolute atomic E-state index is 13.2. The van der Waals surface area contributed by atoms with Crippen LogP contribution >= 0.6 is 0 Å². The van der Waals surface area contributed by atoms with Crippen molar-refractivity contribution in [3.8, 4) is 5.75 Å². The Hall–Kier alpha value is -2.53. The van der Waals surface area contributed by atoms with Crippen molar-refractivity contribution in [1.29, 1.82) is 0 Å². The lowest BCUT2D eigenvalue weighted by molar-refractivity contribution is -0.129. The van der Waals surface area contributed by atoms with Gasteiger partial charge in [0.25, 0.3) is 0 Å². The van der Waals surface area contributed by atoms with Crippen molar-refractivity contribution in [2.75, 3.05) is 13.7 Å². The number of furan rings is 1. The summed E-state index contributed by atoms with van der Waals surface area (Å²) in [7, 11) is 1.67. The molecular weight excluding hydrogens is 364 g/mol. The Kier molecular flexibility index (Phi) is 7.53. The van der Waals surface area contributed by atoms with Gasteiger partial charge in [-0.05, 0) is 61.4 Å². The van der Waals surface area contributed by atoms with Crippen LogP contribution in [0.4, 0.5) is 0 Å². The van der Waals surface area contributed by atoms with Crippen LogP contribution in [0.2, 0.25) is 0 Å². The molecule has 156 valence electrons. The number of rotatable bonds is 9. The highest BCUT2D eigenvalue weighted by Crippen LogP contribution is 2.25. The molecule has 3 rings (SSSR count). The summed E-state index contributed by atoms with van der Waals surface area (Å²) in [6.07, 6.45) is 8.15. The molecule has 1 atom stereocenters. The highest BCUT2D eigenvalue weighted by Gasteiger charge is 2.23. The predicted octanol–water partition coefficient (Wildman–Crippen LogP) is 5.06. The van der Waals surface area contributed by atoms with Crippen molar-refractivity contribution in [2.45, 2.75) is 52.1 Å². The van der Waals surface area contributed by atoms with E-state index in [0.29, 0.717) is 12.5 Å². The van der Waals surface area contributed by atoms with Gasteiger partial charge in [0.05, 0.1) is 26.5 Å². The van der Waals surface area contributed by atoms with E-state index in [9.17, 15) is 4.79 Å². The van der Waals surface area contributed by atoms with Gasteiger partial charge in [-0.2, -0.15) is 0 Å². The summed E-state index contributed by atoms with van der Waals surface area (Å²) in [5.41, 5.74) is 2.27. The number of nitrogens with one attached hydrogen (secondary N) is 1. The minimum absolute atomic E-state index is 0.0775. The van der Waals surface area contributed by atoms with E-state index in [4.69, 9.17) is 9.15 Å². The molecule has 1 N–H and O–H groups in total. The Bertz CT molecular complexity index is 794. The molecule has 0 aliphatic heterocycles. The SMILES string of the molecule is COc1ccc(C(NCC(=O)N(Cc2ccco2)C2=CCCCC2)C(C)C)cc1. The number of amides is 1. The zero-order valence-electron chi connectivity index (χ0n) is 17.7. The third-order valence-corrected chi connectivity index (χ3v) is 5.42. The highest BCUT2D eigenvalue weighted by atomic mass is 16.5. The molecule has 5 heteroatoms. The molecule has 1 amide bonds. The summed E-state index contributed by atoms with van der Waals surface area (Å²) < 4.78 is 10.8. The first kappa shape index (κ1) is 21.2. The number of nitrogens with zero attached hydrogens (tertiary/aromatic N) is 1. The Morgan fingerprint density at radius 3 is 2.59 bits per heavy atom. The largest absolute Gasteiger partial charge is 0.497 e. The van der Waals surface area contributed by atoms with Crippen LogP contribution in [-0.4, -0.2) is 24.5 Å². The van der Waals surface area contributed by atoms with Crippen molar-refractivity contribution in [3.05, 3.63) is 65.8 Å². The zero-order chi connectivity index (χ0) is 20.6. The van der Waals surface area contributed by atoms with Crippen LogP contribution in [0.1, 0.15) is 56.9 Å².